The monoisotopic (exact) mass is 290 g/mol. The van der Waals surface area contributed by atoms with Crippen LogP contribution in [0.4, 0.5) is 0 Å². The largest absolute Gasteiger partial charge is 0.491 e. The van der Waals surface area contributed by atoms with Crippen molar-refractivity contribution in [3.8, 4) is 5.75 Å². The summed E-state index contributed by atoms with van der Waals surface area (Å²) in [5, 5.41) is 6.70. The zero-order valence-corrected chi connectivity index (χ0v) is 13.1. The first-order valence-electron chi connectivity index (χ1n) is 7.01. The summed E-state index contributed by atoms with van der Waals surface area (Å²) < 4.78 is 5.82. The van der Waals surface area contributed by atoms with Gasteiger partial charge in [0, 0.05) is 36.1 Å². The summed E-state index contributed by atoms with van der Waals surface area (Å²) in [4.78, 5) is 4.35. The minimum absolute atomic E-state index is 0.199. The number of nitrogens with zero attached hydrogens (tertiary/aromatic N) is 1. The molecule has 0 aliphatic rings. The molecule has 0 aliphatic heterocycles. The molecule has 0 fully saturated rings. The van der Waals surface area contributed by atoms with Crippen LogP contribution < -0.4 is 10.1 Å². The lowest BCUT2D eigenvalue weighted by Gasteiger charge is -2.15. The van der Waals surface area contributed by atoms with Gasteiger partial charge in [0.1, 0.15) is 5.75 Å². The second-order valence-electron chi connectivity index (χ2n) is 5.18. The van der Waals surface area contributed by atoms with E-state index in [1.165, 1.54) is 10.6 Å². The maximum atomic E-state index is 5.82. The second kappa shape index (κ2) is 7.41. The molecule has 2 rings (SSSR count). The van der Waals surface area contributed by atoms with Gasteiger partial charge in [-0.05, 0) is 19.9 Å². The van der Waals surface area contributed by atoms with Gasteiger partial charge in [0.15, 0.2) is 0 Å². The van der Waals surface area contributed by atoms with Crippen LogP contribution >= 0.6 is 11.3 Å². The van der Waals surface area contributed by atoms with Gasteiger partial charge in [-0.25, -0.2) is 4.98 Å². The molecular weight excluding hydrogens is 268 g/mol. The number of rotatable bonds is 7. The lowest BCUT2D eigenvalue weighted by atomic mass is 10.1. The molecule has 3 nitrogen and oxygen atoms in total. The summed E-state index contributed by atoms with van der Waals surface area (Å²) in [6, 6.07) is 8.20. The third-order valence-corrected chi connectivity index (χ3v) is 3.98. The van der Waals surface area contributed by atoms with Crippen molar-refractivity contribution in [2.75, 3.05) is 6.54 Å². The number of hydrogen-bond donors (Lipinski definition) is 1. The van der Waals surface area contributed by atoms with Crippen LogP contribution in [-0.2, 0) is 6.54 Å². The molecule has 0 amide bonds. The maximum absolute atomic E-state index is 5.82. The standard InChI is InChI=1S/C16H22N2OS/c1-12(2)19-15-7-5-4-6-14(15)11-17-10-13(3)16-18-8-9-20-16/h4-9,12-13,17H,10-11H2,1-3H3. The molecule has 0 saturated heterocycles. The smallest absolute Gasteiger partial charge is 0.124 e. The van der Waals surface area contributed by atoms with Crippen LogP contribution in [0.25, 0.3) is 0 Å². The average Bonchev–Trinajstić information content (AvgIpc) is 2.94. The van der Waals surface area contributed by atoms with E-state index in [2.05, 4.69) is 43.2 Å². The van der Waals surface area contributed by atoms with Crippen molar-refractivity contribution < 1.29 is 4.74 Å². The van der Waals surface area contributed by atoms with Crippen molar-refractivity contribution in [3.63, 3.8) is 0 Å². The Balaban J connectivity index is 1.88. The molecule has 1 aromatic carbocycles. The Morgan fingerprint density at radius 1 is 1.25 bits per heavy atom. The first-order valence-corrected chi connectivity index (χ1v) is 7.89. The SMILES string of the molecule is CC(C)Oc1ccccc1CNCC(C)c1nccs1. The van der Waals surface area contributed by atoms with Crippen molar-refractivity contribution in [3.05, 3.63) is 46.4 Å². The number of ether oxygens (including phenoxy) is 1. The van der Waals surface area contributed by atoms with Crippen molar-refractivity contribution in [2.45, 2.75) is 39.3 Å². The van der Waals surface area contributed by atoms with Crippen LogP contribution in [0.1, 0.15) is 37.3 Å². The maximum Gasteiger partial charge on any atom is 0.124 e. The number of nitrogens with one attached hydrogen (secondary N) is 1. The fourth-order valence-electron chi connectivity index (χ4n) is 2.01. The second-order valence-corrected chi connectivity index (χ2v) is 6.10. The summed E-state index contributed by atoms with van der Waals surface area (Å²) in [7, 11) is 0. The highest BCUT2D eigenvalue weighted by atomic mass is 32.1. The Morgan fingerprint density at radius 3 is 2.75 bits per heavy atom. The highest BCUT2D eigenvalue weighted by Gasteiger charge is 2.09. The predicted molar refractivity (Wildman–Crippen MR) is 84.4 cm³/mol. The summed E-state index contributed by atoms with van der Waals surface area (Å²) in [6.45, 7) is 8.04. The van der Waals surface area contributed by atoms with E-state index in [1.54, 1.807) is 11.3 Å². The van der Waals surface area contributed by atoms with Crippen LogP contribution in [0.2, 0.25) is 0 Å². The Bertz CT molecular complexity index is 511. The highest BCUT2D eigenvalue weighted by Crippen LogP contribution is 2.20. The minimum Gasteiger partial charge on any atom is -0.491 e. The number of para-hydroxylation sites is 1. The van der Waals surface area contributed by atoms with Crippen LogP contribution in [-0.4, -0.2) is 17.6 Å². The third kappa shape index (κ3) is 4.32. The molecule has 2 aromatic rings. The normalized spacial score (nSPS) is 12.6. The lowest BCUT2D eigenvalue weighted by Crippen LogP contribution is -2.20. The molecule has 4 heteroatoms. The summed E-state index contributed by atoms with van der Waals surface area (Å²) in [5.74, 6) is 1.41. The number of thiazole rings is 1. The topological polar surface area (TPSA) is 34.1 Å². The summed E-state index contributed by atoms with van der Waals surface area (Å²) in [5.41, 5.74) is 1.20. The molecule has 1 N–H and O–H groups in total. The Morgan fingerprint density at radius 2 is 2.05 bits per heavy atom. The van der Waals surface area contributed by atoms with E-state index >= 15 is 0 Å². The molecule has 0 radical (unpaired) electrons. The summed E-state index contributed by atoms with van der Waals surface area (Å²) in [6.07, 6.45) is 2.06. The van der Waals surface area contributed by atoms with Crippen LogP contribution in [0.15, 0.2) is 35.8 Å². The van der Waals surface area contributed by atoms with Crippen LogP contribution in [0, 0.1) is 0 Å². The molecule has 1 unspecified atom stereocenters. The first-order chi connectivity index (χ1) is 9.66. The highest BCUT2D eigenvalue weighted by molar-refractivity contribution is 7.09. The van der Waals surface area contributed by atoms with Gasteiger partial charge < -0.3 is 10.1 Å². The number of aromatic nitrogens is 1. The zero-order valence-electron chi connectivity index (χ0n) is 12.3. The molecule has 0 bridgehead atoms. The molecule has 108 valence electrons. The van der Waals surface area contributed by atoms with Gasteiger partial charge in [-0.15, -0.1) is 11.3 Å². The number of benzene rings is 1. The van der Waals surface area contributed by atoms with Gasteiger partial charge in [-0.2, -0.15) is 0 Å². The molecule has 1 aromatic heterocycles. The lowest BCUT2D eigenvalue weighted by molar-refractivity contribution is 0.239. The predicted octanol–water partition coefficient (Wildman–Crippen LogP) is 3.82. The Labute approximate surface area is 125 Å². The van der Waals surface area contributed by atoms with Gasteiger partial charge >= 0.3 is 0 Å². The summed E-state index contributed by atoms with van der Waals surface area (Å²) >= 11 is 1.71. The average molecular weight is 290 g/mol. The molecule has 1 atom stereocenters. The molecule has 0 spiro atoms. The van der Waals surface area contributed by atoms with Crippen LogP contribution in [0.5, 0.6) is 5.75 Å². The molecule has 0 aliphatic carbocycles. The van der Waals surface area contributed by atoms with Gasteiger partial charge in [0.2, 0.25) is 0 Å². The Kier molecular flexibility index (Phi) is 5.56. The van der Waals surface area contributed by atoms with E-state index in [0.717, 1.165) is 18.8 Å². The fourth-order valence-corrected chi connectivity index (χ4v) is 2.71. The van der Waals surface area contributed by atoms with Gasteiger partial charge in [-0.1, -0.05) is 25.1 Å². The van der Waals surface area contributed by atoms with E-state index in [4.69, 9.17) is 4.74 Å². The fraction of sp³-hybridized carbons (Fsp3) is 0.438. The van der Waals surface area contributed by atoms with E-state index < -0.39 is 0 Å². The first kappa shape index (κ1) is 15.0. The molecule has 0 saturated carbocycles. The van der Waals surface area contributed by atoms with Crippen molar-refractivity contribution >= 4 is 11.3 Å². The van der Waals surface area contributed by atoms with Crippen LogP contribution in [0.3, 0.4) is 0 Å². The minimum atomic E-state index is 0.199. The molecule has 1 heterocycles. The van der Waals surface area contributed by atoms with Gasteiger partial charge in [0.25, 0.3) is 0 Å². The van der Waals surface area contributed by atoms with Gasteiger partial charge in [-0.3, -0.25) is 0 Å². The molecular formula is C16H22N2OS. The zero-order chi connectivity index (χ0) is 14.4. The quantitative estimate of drug-likeness (QED) is 0.841. The van der Waals surface area contributed by atoms with Crippen molar-refractivity contribution in [1.29, 1.82) is 0 Å². The van der Waals surface area contributed by atoms with E-state index in [0.29, 0.717) is 5.92 Å². The van der Waals surface area contributed by atoms with Crippen molar-refractivity contribution in [2.24, 2.45) is 0 Å². The molecule has 20 heavy (non-hydrogen) atoms. The van der Waals surface area contributed by atoms with Crippen molar-refractivity contribution in [1.82, 2.24) is 10.3 Å². The van der Waals surface area contributed by atoms with Gasteiger partial charge in [0.05, 0.1) is 11.1 Å². The number of hydrogen-bond acceptors (Lipinski definition) is 4. The van der Waals surface area contributed by atoms with E-state index in [-0.39, 0.29) is 6.10 Å². The van der Waals surface area contributed by atoms with E-state index in [1.807, 2.05) is 23.7 Å². The Hall–Kier alpha value is -1.39. The van der Waals surface area contributed by atoms with E-state index in [9.17, 15) is 0 Å². The third-order valence-electron chi connectivity index (χ3n) is 2.97.